The molecule has 6 rings (SSSR count). The van der Waals surface area contributed by atoms with Gasteiger partial charge in [0.25, 0.3) is 15.9 Å². The Morgan fingerprint density at radius 3 is 2.38 bits per heavy atom. The molecular weight excluding hydrogens is 559 g/mol. The van der Waals surface area contributed by atoms with Gasteiger partial charge in [-0.05, 0) is 86.7 Å². The molecule has 9 heteroatoms. The zero-order valence-electron chi connectivity index (χ0n) is 22.1. The molecule has 5 aromatic rings. The summed E-state index contributed by atoms with van der Waals surface area (Å²) >= 11 is 3.30. The fourth-order valence-corrected chi connectivity index (χ4v) is 9.07. The second-order valence-corrected chi connectivity index (χ2v) is 13.7. The van der Waals surface area contributed by atoms with Crippen LogP contribution in [0.4, 0.5) is 10.7 Å². The molecule has 3 aromatic carbocycles. The van der Waals surface area contributed by atoms with Crippen molar-refractivity contribution < 1.29 is 13.2 Å². The number of anilines is 2. The monoisotopic (exact) mass is 587 g/mol. The van der Waals surface area contributed by atoms with Crippen LogP contribution in [0, 0.1) is 0 Å². The molecule has 6 nitrogen and oxygen atoms in total. The van der Waals surface area contributed by atoms with Crippen molar-refractivity contribution in [2.75, 3.05) is 16.2 Å². The number of amides is 1. The molecule has 0 fully saturated rings. The molecule has 1 amide bonds. The molecule has 0 saturated carbocycles. The minimum Gasteiger partial charge on any atom is -0.313 e. The lowest BCUT2D eigenvalue weighted by Gasteiger charge is -2.23. The van der Waals surface area contributed by atoms with Crippen LogP contribution in [0.15, 0.2) is 83.8 Å². The first-order valence-corrected chi connectivity index (χ1v) is 16.5. The Labute approximate surface area is 242 Å². The number of aryl methyl sites for hydroxylation is 1. The van der Waals surface area contributed by atoms with E-state index in [0.717, 1.165) is 51.5 Å². The molecular formula is C31H29N3O3S3. The summed E-state index contributed by atoms with van der Waals surface area (Å²) < 4.78 is 29.2. The van der Waals surface area contributed by atoms with Gasteiger partial charge in [0.05, 0.1) is 20.8 Å². The molecule has 0 spiro atoms. The van der Waals surface area contributed by atoms with Gasteiger partial charge >= 0.3 is 0 Å². The average Bonchev–Trinajstić information content (AvgIpc) is 3.46. The SMILES string of the molecule is CCN(c1ccccc1)S(=O)(=O)c1ccc(C(=O)Nc2sc3c(c2-c2nc4ccccc4s2)CCCCC3)cc1. The number of carbonyl (C=O) groups is 1. The number of carbonyl (C=O) groups excluding carboxylic acids is 1. The highest BCUT2D eigenvalue weighted by atomic mass is 32.2. The number of nitrogens with one attached hydrogen (secondary N) is 1. The van der Waals surface area contributed by atoms with Gasteiger partial charge in [0.1, 0.15) is 10.0 Å². The van der Waals surface area contributed by atoms with Crippen molar-refractivity contribution in [3.8, 4) is 10.6 Å². The molecule has 1 N–H and O–H groups in total. The van der Waals surface area contributed by atoms with Gasteiger partial charge in [-0.3, -0.25) is 9.10 Å². The molecule has 1 aliphatic carbocycles. The van der Waals surface area contributed by atoms with Crippen molar-refractivity contribution in [1.29, 1.82) is 0 Å². The van der Waals surface area contributed by atoms with E-state index in [4.69, 9.17) is 4.98 Å². The average molecular weight is 588 g/mol. The number of thiazole rings is 1. The molecule has 2 heterocycles. The van der Waals surface area contributed by atoms with Gasteiger partial charge in [0.15, 0.2) is 0 Å². The summed E-state index contributed by atoms with van der Waals surface area (Å²) in [5, 5.41) is 4.89. The Hall–Kier alpha value is -3.53. The summed E-state index contributed by atoms with van der Waals surface area (Å²) in [6.07, 6.45) is 5.47. The van der Waals surface area contributed by atoms with E-state index in [-0.39, 0.29) is 10.8 Å². The van der Waals surface area contributed by atoms with Crippen molar-refractivity contribution in [3.05, 3.63) is 94.9 Å². The maximum atomic E-state index is 13.4. The fourth-order valence-electron chi connectivity index (χ4n) is 5.20. The predicted octanol–water partition coefficient (Wildman–Crippen LogP) is 7.76. The van der Waals surface area contributed by atoms with Gasteiger partial charge in [0.2, 0.25) is 0 Å². The number of fused-ring (bicyclic) bond motifs is 2. The van der Waals surface area contributed by atoms with E-state index in [9.17, 15) is 13.2 Å². The number of hydrogen-bond acceptors (Lipinski definition) is 6. The van der Waals surface area contributed by atoms with Crippen molar-refractivity contribution in [2.45, 2.75) is 43.9 Å². The number of sulfonamides is 1. The summed E-state index contributed by atoms with van der Waals surface area (Å²) in [5.41, 5.74) is 4.31. The number of nitrogens with zero attached hydrogens (tertiary/aromatic N) is 2. The molecule has 0 aliphatic heterocycles. The number of thiophene rings is 1. The molecule has 0 bridgehead atoms. The van der Waals surface area contributed by atoms with Crippen LogP contribution in [0.3, 0.4) is 0 Å². The van der Waals surface area contributed by atoms with Gasteiger partial charge in [-0.25, -0.2) is 13.4 Å². The first-order valence-electron chi connectivity index (χ1n) is 13.5. The van der Waals surface area contributed by atoms with E-state index in [1.807, 2.05) is 36.4 Å². The minimum atomic E-state index is -3.77. The van der Waals surface area contributed by atoms with Crippen molar-refractivity contribution in [1.82, 2.24) is 4.98 Å². The van der Waals surface area contributed by atoms with Crippen LogP contribution in [0.5, 0.6) is 0 Å². The molecule has 0 unspecified atom stereocenters. The topological polar surface area (TPSA) is 79.4 Å². The molecule has 0 atom stereocenters. The predicted molar refractivity (Wildman–Crippen MR) is 165 cm³/mol. The van der Waals surface area contributed by atoms with E-state index in [1.54, 1.807) is 53.9 Å². The number of para-hydroxylation sites is 2. The van der Waals surface area contributed by atoms with Gasteiger partial charge < -0.3 is 5.32 Å². The molecule has 1 aliphatic rings. The molecule has 2 aromatic heterocycles. The highest BCUT2D eigenvalue weighted by molar-refractivity contribution is 7.92. The van der Waals surface area contributed by atoms with Crippen molar-refractivity contribution in [2.24, 2.45) is 0 Å². The lowest BCUT2D eigenvalue weighted by Crippen LogP contribution is -2.30. The summed E-state index contributed by atoms with van der Waals surface area (Å²) in [5.74, 6) is -0.266. The maximum Gasteiger partial charge on any atom is 0.264 e. The lowest BCUT2D eigenvalue weighted by molar-refractivity contribution is 0.102. The zero-order valence-corrected chi connectivity index (χ0v) is 24.5. The number of rotatable bonds is 7. The standard InChI is InChI=1S/C31H29N3O3S3/c1-2-34(22-11-5-3-6-12-22)40(36,37)23-19-17-21(18-20-23)29(35)33-31-28(24-13-7-4-8-15-26(24)38-31)30-32-25-14-9-10-16-27(25)39-30/h3,5-6,9-12,14,16-20H,2,4,7-8,13,15H2,1H3,(H,33,35). The van der Waals surface area contributed by atoms with E-state index < -0.39 is 10.0 Å². The van der Waals surface area contributed by atoms with Crippen LogP contribution < -0.4 is 9.62 Å². The van der Waals surface area contributed by atoms with Crippen LogP contribution in [0.1, 0.15) is 47.0 Å². The van der Waals surface area contributed by atoms with E-state index in [0.29, 0.717) is 17.8 Å². The van der Waals surface area contributed by atoms with Crippen LogP contribution in [-0.4, -0.2) is 25.9 Å². The zero-order chi connectivity index (χ0) is 27.7. The Morgan fingerprint density at radius 2 is 1.62 bits per heavy atom. The third-order valence-corrected chi connectivity index (χ3v) is 11.4. The Morgan fingerprint density at radius 1 is 0.900 bits per heavy atom. The van der Waals surface area contributed by atoms with Gasteiger partial charge in [-0.1, -0.05) is 36.8 Å². The molecule has 40 heavy (non-hydrogen) atoms. The highest BCUT2D eigenvalue weighted by Gasteiger charge is 2.26. The van der Waals surface area contributed by atoms with Crippen LogP contribution in [-0.2, 0) is 22.9 Å². The summed E-state index contributed by atoms with van der Waals surface area (Å²) in [4.78, 5) is 19.8. The van der Waals surface area contributed by atoms with Crippen molar-refractivity contribution in [3.63, 3.8) is 0 Å². The molecule has 204 valence electrons. The highest BCUT2D eigenvalue weighted by Crippen LogP contribution is 2.46. The Bertz CT molecular complexity index is 1740. The lowest BCUT2D eigenvalue weighted by atomic mass is 10.1. The van der Waals surface area contributed by atoms with Gasteiger partial charge in [0, 0.05) is 22.5 Å². The number of benzene rings is 3. The number of hydrogen-bond donors (Lipinski definition) is 1. The minimum absolute atomic E-state index is 0.146. The second-order valence-electron chi connectivity index (χ2n) is 9.74. The summed E-state index contributed by atoms with van der Waals surface area (Å²) in [6, 6.07) is 23.3. The van der Waals surface area contributed by atoms with E-state index in [2.05, 4.69) is 11.4 Å². The van der Waals surface area contributed by atoms with Crippen molar-refractivity contribution >= 4 is 59.5 Å². The van der Waals surface area contributed by atoms with E-state index in [1.165, 1.54) is 33.3 Å². The largest absolute Gasteiger partial charge is 0.313 e. The maximum absolute atomic E-state index is 13.4. The van der Waals surface area contributed by atoms with Crippen LogP contribution in [0.25, 0.3) is 20.8 Å². The summed E-state index contributed by atoms with van der Waals surface area (Å²) in [7, 11) is -3.77. The van der Waals surface area contributed by atoms with Crippen LogP contribution >= 0.6 is 22.7 Å². The van der Waals surface area contributed by atoms with E-state index >= 15 is 0 Å². The first-order chi connectivity index (χ1) is 19.5. The van der Waals surface area contributed by atoms with Crippen LogP contribution in [0.2, 0.25) is 0 Å². The van der Waals surface area contributed by atoms with Gasteiger partial charge in [-0.15, -0.1) is 22.7 Å². The fraction of sp³-hybridized carbons (Fsp3) is 0.226. The Balaban J connectivity index is 1.30. The summed E-state index contributed by atoms with van der Waals surface area (Å²) in [6.45, 7) is 2.10. The van der Waals surface area contributed by atoms with Gasteiger partial charge in [-0.2, -0.15) is 0 Å². The number of aromatic nitrogens is 1. The molecule has 0 radical (unpaired) electrons. The Kier molecular flexibility index (Phi) is 7.44. The quantitative estimate of drug-likeness (QED) is 0.197. The third-order valence-electron chi connectivity index (χ3n) is 7.19. The molecule has 0 saturated heterocycles. The normalized spacial score (nSPS) is 13.5. The third kappa shape index (κ3) is 5.05. The smallest absolute Gasteiger partial charge is 0.264 e. The second kappa shape index (κ2) is 11.2. The first kappa shape index (κ1) is 26.7.